The van der Waals surface area contributed by atoms with Gasteiger partial charge in [0, 0.05) is 62.9 Å². The monoisotopic (exact) mass is 1110 g/mol. The van der Waals surface area contributed by atoms with Gasteiger partial charge in [0.1, 0.15) is 0 Å². The first-order valence-corrected chi connectivity index (χ1v) is 29.7. The summed E-state index contributed by atoms with van der Waals surface area (Å²) >= 11 is 0. The largest absolute Gasteiger partial charge is 0.325 e. The number of rotatable bonds is 13. The van der Waals surface area contributed by atoms with Crippen molar-refractivity contribution in [2.24, 2.45) is 0 Å². The molecule has 0 saturated heterocycles. The smallest absolute Gasteiger partial charge is 0.0994 e. The van der Waals surface area contributed by atoms with Crippen LogP contribution in [0, 0.1) is 0 Å². The molecule has 0 amide bonds. The van der Waals surface area contributed by atoms with Crippen molar-refractivity contribution in [2.75, 3.05) is 32.9 Å². The Morgan fingerprint density at radius 2 is 0.500 bits per heavy atom. The number of aromatic nitrogens is 1. The molecule has 0 spiro atoms. The third-order valence-electron chi connectivity index (χ3n) is 17.6. The van der Waals surface area contributed by atoms with Crippen LogP contribution in [0.5, 0.6) is 0 Å². The van der Waals surface area contributed by atoms with E-state index >= 15 is 0 Å². The quantitative estimate of drug-likeness (QED) is 0.115. The summed E-state index contributed by atoms with van der Waals surface area (Å²) < 4.78 is 0. The first-order chi connectivity index (χ1) is 42.3. The number of pyridine rings is 1. The SMILES string of the molecule is CC1=C(C)N(c2ccc(-c3ccccc3-c3cc(-c4ccccc4-c4ccc(N5CN(c6ccccc6)C(C)=C5C)cc4)cc(-c4ccccc4-c4ccc(-c5cccc(-c6ccc(-c7ccccc7)cc6)c5)nc4)c3)cc2)CN1c1ccccc1. The van der Waals surface area contributed by atoms with Crippen LogP contribution in [0.15, 0.2) is 320 Å². The molecule has 14 rings (SSSR count). The lowest BCUT2D eigenvalue weighted by molar-refractivity contribution is 0.938. The van der Waals surface area contributed by atoms with Gasteiger partial charge in [-0.2, -0.15) is 0 Å². The molecule has 5 nitrogen and oxygen atoms in total. The van der Waals surface area contributed by atoms with E-state index in [-0.39, 0.29) is 0 Å². The van der Waals surface area contributed by atoms with Gasteiger partial charge in [0.05, 0.1) is 19.0 Å². The summed E-state index contributed by atoms with van der Waals surface area (Å²) in [5.41, 5.74) is 30.3. The summed E-state index contributed by atoms with van der Waals surface area (Å²) in [4.78, 5) is 14.8. The first kappa shape index (κ1) is 53.3. The van der Waals surface area contributed by atoms with Crippen molar-refractivity contribution in [1.82, 2.24) is 4.98 Å². The van der Waals surface area contributed by atoms with Crippen molar-refractivity contribution in [1.29, 1.82) is 0 Å². The van der Waals surface area contributed by atoms with Crippen molar-refractivity contribution in [3.8, 4) is 100 Å². The predicted octanol–water partition coefficient (Wildman–Crippen LogP) is 21.2. The van der Waals surface area contributed by atoms with Gasteiger partial charge in [-0.1, -0.05) is 212 Å². The maximum atomic E-state index is 5.17. The molecular formula is C81H65N5. The van der Waals surface area contributed by atoms with Crippen molar-refractivity contribution in [2.45, 2.75) is 27.7 Å². The minimum absolute atomic E-state index is 0.766. The summed E-state index contributed by atoms with van der Waals surface area (Å²) in [5, 5.41) is 0. The second kappa shape index (κ2) is 23.1. The summed E-state index contributed by atoms with van der Waals surface area (Å²) in [6.07, 6.45) is 2.04. The molecule has 0 bridgehead atoms. The maximum absolute atomic E-state index is 5.17. The third-order valence-corrected chi connectivity index (χ3v) is 17.6. The molecule has 2 aliphatic heterocycles. The fourth-order valence-corrected chi connectivity index (χ4v) is 12.6. The normalized spacial score (nSPS) is 13.3. The van der Waals surface area contributed by atoms with Crippen LogP contribution in [0.1, 0.15) is 27.7 Å². The average molecular weight is 1110 g/mol. The molecule has 5 heteroatoms. The van der Waals surface area contributed by atoms with Gasteiger partial charge >= 0.3 is 0 Å². The Morgan fingerprint density at radius 3 is 0.895 bits per heavy atom. The molecule has 0 N–H and O–H groups in total. The van der Waals surface area contributed by atoms with Crippen LogP contribution in [0.25, 0.3) is 100 Å². The van der Waals surface area contributed by atoms with Crippen LogP contribution >= 0.6 is 0 Å². The fourth-order valence-electron chi connectivity index (χ4n) is 12.6. The molecule has 0 unspecified atom stereocenters. The summed E-state index contributed by atoms with van der Waals surface area (Å²) in [5.74, 6) is 0. The Morgan fingerprint density at radius 1 is 0.221 bits per heavy atom. The molecule has 0 fully saturated rings. The summed E-state index contributed by atoms with van der Waals surface area (Å²) in [6, 6.07) is 106. The zero-order chi connectivity index (χ0) is 58.1. The Balaban J connectivity index is 0.824. The Kier molecular flexibility index (Phi) is 14.3. The van der Waals surface area contributed by atoms with E-state index in [1.807, 2.05) is 6.20 Å². The molecule has 0 radical (unpaired) electrons. The second-order valence-electron chi connectivity index (χ2n) is 22.5. The topological polar surface area (TPSA) is 25.9 Å². The van der Waals surface area contributed by atoms with Crippen LogP contribution in [0.4, 0.5) is 22.7 Å². The highest BCUT2D eigenvalue weighted by Crippen LogP contribution is 2.44. The molecule has 0 aliphatic carbocycles. The fraction of sp³-hybridized carbons (Fsp3) is 0.0741. The molecule has 2 aliphatic rings. The number of benzene rings is 11. The Hall–Kier alpha value is -10.8. The molecule has 0 saturated carbocycles. The Labute approximate surface area is 506 Å². The molecule has 414 valence electrons. The van der Waals surface area contributed by atoms with E-state index < -0.39 is 0 Å². The summed E-state index contributed by atoms with van der Waals surface area (Å²) in [7, 11) is 0. The second-order valence-corrected chi connectivity index (χ2v) is 22.5. The molecule has 3 heterocycles. The van der Waals surface area contributed by atoms with Crippen molar-refractivity contribution in [3.63, 3.8) is 0 Å². The highest BCUT2D eigenvalue weighted by Gasteiger charge is 2.28. The molecule has 12 aromatic rings. The summed E-state index contributed by atoms with van der Waals surface area (Å²) in [6.45, 7) is 10.4. The van der Waals surface area contributed by atoms with Gasteiger partial charge < -0.3 is 19.6 Å². The lowest BCUT2D eigenvalue weighted by atomic mass is 9.86. The van der Waals surface area contributed by atoms with Crippen LogP contribution in [0.2, 0.25) is 0 Å². The molecule has 1 aromatic heterocycles. The Bertz CT molecular complexity index is 4290. The van der Waals surface area contributed by atoms with Crippen LogP contribution in [0.3, 0.4) is 0 Å². The van der Waals surface area contributed by atoms with Crippen LogP contribution in [-0.4, -0.2) is 18.3 Å². The lowest BCUT2D eigenvalue weighted by Crippen LogP contribution is -2.26. The first-order valence-electron chi connectivity index (χ1n) is 29.7. The van der Waals surface area contributed by atoms with Crippen molar-refractivity contribution in [3.05, 3.63) is 320 Å². The van der Waals surface area contributed by atoms with Gasteiger partial charge in [-0.05, 0) is 190 Å². The number of para-hydroxylation sites is 2. The standard InChI is InChI=1S/C81H65N5/c1-56-58(3)85(54-83(56)71-25-10-6-11-26-71)73-44-39-63(40-45-73)75-29-14-17-32-78(75)68-50-69(79-33-18-15-30-76(79)64-41-46-74(47-42-64)86-55-84(57(2)59(86)4)72-27-12-7-13-28-72)52-70(51-68)80-34-19-16-31-77(80)67-43-48-81(82-53-67)66-24-20-23-65(49-66)62-37-35-61(36-38-62)60-21-8-5-9-22-60/h5-53H,54-55H2,1-4H3. The van der Waals surface area contributed by atoms with E-state index in [4.69, 9.17) is 4.98 Å². The minimum atomic E-state index is 0.766. The van der Waals surface area contributed by atoms with E-state index in [1.165, 1.54) is 84.5 Å². The van der Waals surface area contributed by atoms with Gasteiger partial charge in [0.15, 0.2) is 0 Å². The number of allylic oxidation sites excluding steroid dienone is 4. The highest BCUT2D eigenvalue weighted by atomic mass is 15.4. The molecule has 11 aromatic carbocycles. The lowest BCUT2D eigenvalue weighted by Gasteiger charge is -2.24. The molecular weight excluding hydrogens is 1040 g/mol. The van der Waals surface area contributed by atoms with Gasteiger partial charge in [0.25, 0.3) is 0 Å². The van der Waals surface area contributed by atoms with Gasteiger partial charge in [-0.3, -0.25) is 4.98 Å². The van der Waals surface area contributed by atoms with E-state index in [9.17, 15) is 0 Å². The van der Waals surface area contributed by atoms with Gasteiger partial charge in [0.2, 0.25) is 0 Å². The predicted molar refractivity (Wildman–Crippen MR) is 362 cm³/mol. The third kappa shape index (κ3) is 10.3. The number of hydrogen-bond donors (Lipinski definition) is 0. The van der Waals surface area contributed by atoms with E-state index in [0.717, 1.165) is 74.7 Å². The van der Waals surface area contributed by atoms with Gasteiger partial charge in [-0.15, -0.1) is 0 Å². The molecule has 86 heavy (non-hydrogen) atoms. The number of hydrogen-bond acceptors (Lipinski definition) is 5. The zero-order valence-electron chi connectivity index (χ0n) is 48.9. The van der Waals surface area contributed by atoms with E-state index in [0.29, 0.717) is 0 Å². The molecule has 0 atom stereocenters. The average Bonchev–Trinajstić information content (AvgIpc) is 2.21. The van der Waals surface area contributed by atoms with Gasteiger partial charge in [-0.25, -0.2) is 0 Å². The van der Waals surface area contributed by atoms with E-state index in [2.05, 4.69) is 338 Å². The minimum Gasteiger partial charge on any atom is -0.325 e. The van der Waals surface area contributed by atoms with Crippen LogP contribution < -0.4 is 19.6 Å². The number of nitrogens with zero attached hydrogens (tertiary/aromatic N) is 5. The maximum Gasteiger partial charge on any atom is 0.0994 e. The zero-order valence-corrected chi connectivity index (χ0v) is 48.9. The van der Waals surface area contributed by atoms with Crippen molar-refractivity contribution >= 4 is 22.7 Å². The highest BCUT2D eigenvalue weighted by molar-refractivity contribution is 5.94. The van der Waals surface area contributed by atoms with Crippen molar-refractivity contribution < 1.29 is 0 Å². The van der Waals surface area contributed by atoms with E-state index in [1.54, 1.807) is 0 Å². The number of anilines is 4. The van der Waals surface area contributed by atoms with Crippen LogP contribution in [-0.2, 0) is 0 Å².